The summed E-state index contributed by atoms with van der Waals surface area (Å²) in [5, 5.41) is 5.08. The number of rotatable bonds is 4. The molecule has 0 atom stereocenters. The molecule has 7 aromatic carbocycles. The Kier molecular flexibility index (Phi) is 5.61. The molecule has 3 heterocycles. The summed E-state index contributed by atoms with van der Waals surface area (Å²) in [6, 6.07) is 53.7. The highest BCUT2D eigenvalue weighted by molar-refractivity contribution is 7.18. The number of aromatic nitrogens is 2. The highest BCUT2D eigenvalue weighted by Crippen LogP contribution is 2.51. The molecule has 0 amide bonds. The van der Waals surface area contributed by atoms with E-state index in [0.29, 0.717) is 0 Å². The van der Waals surface area contributed by atoms with Crippen LogP contribution in [0.1, 0.15) is 25.0 Å². The van der Waals surface area contributed by atoms with Crippen LogP contribution >= 0.6 is 11.3 Å². The minimum atomic E-state index is -0.102. The highest BCUT2D eigenvalue weighted by atomic mass is 32.1. The molecule has 4 heteroatoms. The first-order valence-electron chi connectivity index (χ1n) is 17.2. The molecule has 0 unspecified atom stereocenters. The SMILES string of the molecule is CC1(C)c2ccccc2-c2ccc(N(c3cccc(-c4ccccc4)c3)c3ccc4c(c3)c3c5scnc5cc5c6ccccc6n4c53)cc21. The minimum Gasteiger partial charge on any atom is -0.310 e. The Balaban J connectivity index is 1.19. The number of thiazole rings is 1. The van der Waals surface area contributed by atoms with Crippen molar-refractivity contribution in [3.8, 4) is 22.3 Å². The lowest BCUT2D eigenvalue weighted by Gasteiger charge is -2.28. The Morgan fingerprint density at radius 1 is 0.560 bits per heavy atom. The van der Waals surface area contributed by atoms with Crippen molar-refractivity contribution < 1.29 is 0 Å². The fraction of sp³-hybridized carbons (Fsp3) is 0.0652. The van der Waals surface area contributed by atoms with Crippen LogP contribution in [0, 0.1) is 0 Å². The van der Waals surface area contributed by atoms with Crippen LogP contribution in [0.25, 0.3) is 70.6 Å². The molecule has 0 saturated heterocycles. The van der Waals surface area contributed by atoms with E-state index >= 15 is 0 Å². The van der Waals surface area contributed by atoms with E-state index in [1.54, 1.807) is 11.3 Å². The molecule has 3 aromatic heterocycles. The van der Waals surface area contributed by atoms with Gasteiger partial charge in [0.05, 0.1) is 32.3 Å². The predicted octanol–water partition coefficient (Wildman–Crippen LogP) is 12.9. The van der Waals surface area contributed by atoms with Crippen LogP contribution < -0.4 is 4.90 Å². The maximum atomic E-state index is 4.81. The van der Waals surface area contributed by atoms with Crippen LogP contribution in [0.15, 0.2) is 151 Å². The van der Waals surface area contributed by atoms with Gasteiger partial charge in [0.25, 0.3) is 0 Å². The standard InChI is InChI=1S/C46H31N3S/c1-46(2)38-17-8-6-15-33(38)34-21-19-32(25-39(34)46)48(30-14-10-13-29(23-30)28-11-4-3-5-12-28)31-20-22-42-37(24-31)43-44-36(26-40-45(43)50-27-47-40)35-16-7-9-18-41(35)49(42)44/h3-27H,1-2H3. The molecule has 11 rings (SSSR count). The lowest BCUT2D eigenvalue weighted by molar-refractivity contribution is 0.660. The van der Waals surface area contributed by atoms with Gasteiger partial charge in [0.1, 0.15) is 0 Å². The van der Waals surface area contributed by atoms with Crippen LogP contribution in [0.4, 0.5) is 17.1 Å². The molecule has 50 heavy (non-hydrogen) atoms. The van der Waals surface area contributed by atoms with Crippen molar-refractivity contribution in [2.24, 2.45) is 0 Å². The third-order valence-corrected chi connectivity index (χ3v) is 11.9. The first-order valence-corrected chi connectivity index (χ1v) is 18.1. The Morgan fingerprint density at radius 2 is 1.28 bits per heavy atom. The summed E-state index contributed by atoms with van der Waals surface area (Å²) in [5.74, 6) is 0. The molecule has 3 nitrogen and oxygen atoms in total. The largest absolute Gasteiger partial charge is 0.310 e. The topological polar surface area (TPSA) is 20.5 Å². The molecule has 0 bridgehead atoms. The normalized spacial score (nSPS) is 13.6. The van der Waals surface area contributed by atoms with E-state index < -0.39 is 0 Å². The van der Waals surface area contributed by atoms with E-state index in [2.05, 4.69) is 169 Å². The van der Waals surface area contributed by atoms with Gasteiger partial charge in [-0.2, -0.15) is 0 Å². The third kappa shape index (κ3) is 3.71. The van der Waals surface area contributed by atoms with E-state index in [9.17, 15) is 0 Å². The molecule has 0 saturated carbocycles. The van der Waals surface area contributed by atoms with Gasteiger partial charge in [-0.1, -0.05) is 105 Å². The first kappa shape index (κ1) is 27.9. The minimum absolute atomic E-state index is 0.102. The number of nitrogens with zero attached hydrogens (tertiary/aromatic N) is 3. The molecular weight excluding hydrogens is 627 g/mol. The molecule has 0 aliphatic heterocycles. The molecule has 236 valence electrons. The predicted molar refractivity (Wildman–Crippen MR) is 212 cm³/mol. The monoisotopic (exact) mass is 657 g/mol. The third-order valence-electron chi connectivity index (χ3n) is 11.0. The summed E-state index contributed by atoms with van der Waals surface area (Å²) in [7, 11) is 0. The van der Waals surface area contributed by atoms with Crippen molar-refractivity contribution in [2.45, 2.75) is 19.3 Å². The number of para-hydroxylation sites is 1. The Bertz CT molecular complexity index is 2970. The number of benzene rings is 7. The first-order chi connectivity index (χ1) is 24.6. The number of hydrogen-bond donors (Lipinski definition) is 0. The van der Waals surface area contributed by atoms with Crippen LogP contribution in [0.5, 0.6) is 0 Å². The van der Waals surface area contributed by atoms with Crippen molar-refractivity contribution in [3.63, 3.8) is 0 Å². The Morgan fingerprint density at radius 3 is 2.20 bits per heavy atom. The van der Waals surface area contributed by atoms with E-state index in [1.807, 2.05) is 5.51 Å². The van der Waals surface area contributed by atoms with Crippen molar-refractivity contribution in [2.75, 3.05) is 4.90 Å². The summed E-state index contributed by atoms with van der Waals surface area (Å²) in [5.41, 5.74) is 17.9. The zero-order valence-corrected chi connectivity index (χ0v) is 28.5. The maximum absolute atomic E-state index is 4.81. The zero-order valence-electron chi connectivity index (χ0n) is 27.7. The molecule has 1 aliphatic carbocycles. The van der Waals surface area contributed by atoms with Gasteiger partial charge in [-0.3, -0.25) is 0 Å². The van der Waals surface area contributed by atoms with E-state index in [0.717, 1.165) is 22.6 Å². The maximum Gasteiger partial charge on any atom is 0.0826 e. The second-order valence-corrected chi connectivity index (χ2v) is 14.9. The summed E-state index contributed by atoms with van der Waals surface area (Å²) < 4.78 is 3.71. The van der Waals surface area contributed by atoms with Gasteiger partial charge in [0.15, 0.2) is 0 Å². The fourth-order valence-electron chi connectivity index (χ4n) is 8.74. The lowest BCUT2D eigenvalue weighted by Crippen LogP contribution is -2.16. The van der Waals surface area contributed by atoms with Crippen molar-refractivity contribution >= 4 is 76.7 Å². The van der Waals surface area contributed by atoms with Gasteiger partial charge < -0.3 is 9.30 Å². The van der Waals surface area contributed by atoms with Gasteiger partial charge in [-0.15, -0.1) is 11.3 Å². The summed E-state index contributed by atoms with van der Waals surface area (Å²) in [6.45, 7) is 4.72. The number of hydrogen-bond acceptors (Lipinski definition) is 3. The highest BCUT2D eigenvalue weighted by Gasteiger charge is 2.36. The Hall–Kier alpha value is -5.97. The second-order valence-electron chi connectivity index (χ2n) is 14.1. The average molecular weight is 658 g/mol. The number of anilines is 3. The molecule has 1 aliphatic rings. The van der Waals surface area contributed by atoms with Gasteiger partial charge in [0.2, 0.25) is 0 Å². The van der Waals surface area contributed by atoms with Crippen LogP contribution in [0.2, 0.25) is 0 Å². The molecule has 10 aromatic rings. The van der Waals surface area contributed by atoms with Crippen molar-refractivity contribution in [1.29, 1.82) is 0 Å². The van der Waals surface area contributed by atoms with Gasteiger partial charge in [-0.25, -0.2) is 4.98 Å². The zero-order chi connectivity index (χ0) is 33.1. The molecule has 0 fully saturated rings. The quantitative estimate of drug-likeness (QED) is 0.188. The fourth-order valence-corrected chi connectivity index (χ4v) is 9.57. The van der Waals surface area contributed by atoms with Crippen LogP contribution in [-0.4, -0.2) is 9.38 Å². The lowest BCUT2D eigenvalue weighted by atomic mass is 9.82. The van der Waals surface area contributed by atoms with Gasteiger partial charge in [0, 0.05) is 44.0 Å². The molecule has 0 radical (unpaired) electrons. The van der Waals surface area contributed by atoms with Gasteiger partial charge >= 0.3 is 0 Å². The molecule has 0 N–H and O–H groups in total. The average Bonchev–Trinajstić information content (AvgIpc) is 3.90. The Labute approximate surface area is 293 Å². The van der Waals surface area contributed by atoms with Crippen LogP contribution in [0.3, 0.4) is 0 Å². The van der Waals surface area contributed by atoms with Gasteiger partial charge in [-0.05, 0) is 88.0 Å². The van der Waals surface area contributed by atoms with Crippen molar-refractivity contribution in [3.05, 3.63) is 162 Å². The molecular formula is C46H31N3S. The van der Waals surface area contributed by atoms with E-state index in [4.69, 9.17) is 4.98 Å². The van der Waals surface area contributed by atoms with E-state index in [1.165, 1.54) is 76.2 Å². The summed E-state index contributed by atoms with van der Waals surface area (Å²) in [6.07, 6.45) is 0. The second kappa shape index (κ2) is 10.0. The summed E-state index contributed by atoms with van der Waals surface area (Å²) in [4.78, 5) is 7.26. The van der Waals surface area contributed by atoms with E-state index in [-0.39, 0.29) is 5.41 Å². The summed E-state index contributed by atoms with van der Waals surface area (Å²) >= 11 is 1.74. The van der Waals surface area contributed by atoms with Crippen LogP contribution in [-0.2, 0) is 5.41 Å². The molecule has 0 spiro atoms. The number of fused-ring (bicyclic) bond motifs is 11. The smallest absolute Gasteiger partial charge is 0.0826 e. The van der Waals surface area contributed by atoms with Crippen molar-refractivity contribution in [1.82, 2.24) is 9.38 Å².